The predicted octanol–water partition coefficient (Wildman–Crippen LogP) is -1.41. The number of carboxylic acids is 1. The summed E-state index contributed by atoms with van der Waals surface area (Å²) in [6.07, 6.45) is -9.08. The number of aliphatic hydroxyl groups is 5. The molecule has 1 aromatic carbocycles. The number of fused-ring (bicyclic) bond motifs is 1. The van der Waals surface area contributed by atoms with Crippen molar-refractivity contribution in [1.82, 2.24) is 0 Å². The molecule has 0 bridgehead atoms. The number of phenols is 1. The van der Waals surface area contributed by atoms with E-state index < -0.39 is 72.7 Å². The number of aromatic hydroxyl groups is 1. The zero-order chi connectivity index (χ0) is 26.4. The highest BCUT2D eigenvalue weighted by molar-refractivity contribution is 5.89. The predicted molar refractivity (Wildman–Crippen MR) is 115 cm³/mol. The van der Waals surface area contributed by atoms with Crippen molar-refractivity contribution in [1.29, 1.82) is 0 Å². The van der Waals surface area contributed by atoms with Crippen LogP contribution < -0.4 is 0 Å². The minimum atomic E-state index is -2.28. The van der Waals surface area contributed by atoms with Crippen LogP contribution >= 0.6 is 0 Å². The summed E-state index contributed by atoms with van der Waals surface area (Å²) in [7, 11) is 0. The van der Waals surface area contributed by atoms with Gasteiger partial charge in [0.15, 0.2) is 11.7 Å². The Morgan fingerprint density at radius 2 is 1.81 bits per heavy atom. The minimum absolute atomic E-state index is 0.00734. The minimum Gasteiger partial charge on any atom is -0.508 e. The molecular formula is C23H28O13. The van der Waals surface area contributed by atoms with Gasteiger partial charge in [-0.25, -0.2) is 9.59 Å². The number of aliphatic hydroxyl groups excluding tert-OH is 3. The maximum Gasteiger partial charge on any atom is 0.338 e. The van der Waals surface area contributed by atoms with Crippen LogP contribution in [0.3, 0.4) is 0 Å². The third-order valence-electron chi connectivity index (χ3n) is 7.04. The Bertz CT molecular complexity index is 1020. The third kappa shape index (κ3) is 4.32. The van der Waals surface area contributed by atoms with E-state index in [1.54, 1.807) is 0 Å². The number of esters is 1. The Kier molecular flexibility index (Phi) is 7.00. The van der Waals surface area contributed by atoms with Crippen molar-refractivity contribution >= 4 is 11.9 Å². The monoisotopic (exact) mass is 512 g/mol. The van der Waals surface area contributed by atoms with E-state index in [0.717, 1.165) is 6.26 Å². The van der Waals surface area contributed by atoms with E-state index in [1.165, 1.54) is 31.2 Å². The Hall–Kier alpha value is -2.78. The van der Waals surface area contributed by atoms with E-state index in [0.29, 0.717) is 0 Å². The van der Waals surface area contributed by atoms with Crippen molar-refractivity contribution in [3.05, 3.63) is 41.7 Å². The molecule has 1 saturated heterocycles. The van der Waals surface area contributed by atoms with Gasteiger partial charge in [-0.2, -0.15) is 0 Å². The quantitative estimate of drug-likeness (QED) is 0.219. The summed E-state index contributed by atoms with van der Waals surface area (Å²) >= 11 is 0. The van der Waals surface area contributed by atoms with E-state index in [9.17, 15) is 45.3 Å². The van der Waals surface area contributed by atoms with Crippen molar-refractivity contribution in [2.75, 3.05) is 6.61 Å². The van der Waals surface area contributed by atoms with E-state index in [1.807, 2.05) is 0 Å². The van der Waals surface area contributed by atoms with Gasteiger partial charge in [-0.3, -0.25) is 0 Å². The molecule has 4 rings (SSSR count). The fourth-order valence-corrected chi connectivity index (χ4v) is 4.89. The number of carbonyl (C=O) groups excluding carboxylic acids is 1. The lowest BCUT2D eigenvalue weighted by molar-refractivity contribution is -0.369. The van der Waals surface area contributed by atoms with Gasteiger partial charge in [0.1, 0.15) is 24.1 Å². The maximum absolute atomic E-state index is 12.7. The number of hydrogen-bond donors (Lipinski definition) is 7. The molecule has 0 aromatic heterocycles. The summed E-state index contributed by atoms with van der Waals surface area (Å²) in [5.74, 6) is -3.53. The van der Waals surface area contributed by atoms with Gasteiger partial charge in [-0.15, -0.1) is 0 Å². The van der Waals surface area contributed by atoms with E-state index in [-0.39, 0.29) is 29.7 Å². The number of benzene rings is 1. The van der Waals surface area contributed by atoms with Crippen LogP contribution in [0.4, 0.5) is 0 Å². The van der Waals surface area contributed by atoms with Crippen LogP contribution in [0.1, 0.15) is 30.1 Å². The molecule has 1 saturated carbocycles. The lowest BCUT2D eigenvalue weighted by Crippen LogP contribution is -2.66. The summed E-state index contributed by atoms with van der Waals surface area (Å²) in [6.45, 7) is 0.534. The summed E-state index contributed by atoms with van der Waals surface area (Å²) < 4.78 is 21.9. The summed E-state index contributed by atoms with van der Waals surface area (Å²) in [5, 5.41) is 71.9. The van der Waals surface area contributed by atoms with Crippen molar-refractivity contribution in [2.24, 2.45) is 5.92 Å². The van der Waals surface area contributed by atoms with Gasteiger partial charge >= 0.3 is 11.9 Å². The lowest BCUT2D eigenvalue weighted by Gasteiger charge is -2.48. The van der Waals surface area contributed by atoms with Gasteiger partial charge in [0.25, 0.3) is 0 Å². The number of carboxylic acid groups (broad SMARTS) is 1. The first-order chi connectivity index (χ1) is 16.9. The van der Waals surface area contributed by atoms with Crippen molar-refractivity contribution in [3.63, 3.8) is 0 Å². The molecule has 0 unspecified atom stereocenters. The van der Waals surface area contributed by atoms with E-state index in [2.05, 4.69) is 0 Å². The molecule has 13 nitrogen and oxygen atoms in total. The number of aliphatic carboxylic acids is 1. The second kappa shape index (κ2) is 9.59. The molecule has 9 atom stereocenters. The zero-order valence-electron chi connectivity index (χ0n) is 19.1. The third-order valence-corrected chi connectivity index (χ3v) is 7.04. The average Bonchev–Trinajstić information content (AvgIpc) is 3.08. The van der Waals surface area contributed by atoms with E-state index in [4.69, 9.17) is 18.9 Å². The lowest BCUT2D eigenvalue weighted by atomic mass is 9.76. The van der Waals surface area contributed by atoms with Crippen LogP contribution in [0.5, 0.6) is 5.75 Å². The highest BCUT2D eigenvalue weighted by Crippen LogP contribution is 2.52. The Morgan fingerprint density at radius 3 is 2.42 bits per heavy atom. The van der Waals surface area contributed by atoms with Crippen molar-refractivity contribution in [3.8, 4) is 5.75 Å². The van der Waals surface area contributed by atoms with E-state index >= 15 is 0 Å². The molecule has 0 radical (unpaired) electrons. The number of phenolic OH excluding ortho intramolecular Hbond substituents is 1. The molecule has 2 heterocycles. The van der Waals surface area contributed by atoms with Crippen LogP contribution in [-0.4, -0.2) is 102 Å². The summed E-state index contributed by atoms with van der Waals surface area (Å²) in [4.78, 5) is 24.3. The van der Waals surface area contributed by atoms with Gasteiger partial charge in [0.2, 0.25) is 12.6 Å². The SMILES string of the molecule is C[C@]1(O)CC[C@@H]2C(C(=O)O)=CO[C@H](O[C@H]3O[C@@H](CO)[C@@H](O)[C@H](O)[C@H]3OC(=O)c3ccc(O)cc3)[C@@]21O. The zero-order valence-corrected chi connectivity index (χ0v) is 19.1. The molecule has 3 aliphatic rings. The number of rotatable bonds is 6. The Labute approximate surface area is 204 Å². The summed E-state index contributed by atoms with van der Waals surface area (Å²) in [6, 6.07) is 4.97. The van der Waals surface area contributed by atoms with Crippen LogP contribution in [0.15, 0.2) is 36.1 Å². The highest BCUT2D eigenvalue weighted by Gasteiger charge is 2.66. The largest absolute Gasteiger partial charge is 0.508 e. The molecule has 2 aliphatic heterocycles. The van der Waals surface area contributed by atoms with Crippen LogP contribution in [0, 0.1) is 5.92 Å². The molecule has 1 aromatic rings. The van der Waals surface area contributed by atoms with Gasteiger partial charge < -0.3 is 54.7 Å². The second-order valence-corrected chi connectivity index (χ2v) is 9.30. The molecule has 13 heteroatoms. The second-order valence-electron chi connectivity index (χ2n) is 9.30. The molecular weight excluding hydrogens is 484 g/mol. The first-order valence-electron chi connectivity index (χ1n) is 11.2. The molecule has 0 spiro atoms. The van der Waals surface area contributed by atoms with Crippen molar-refractivity contribution in [2.45, 2.75) is 68.0 Å². The van der Waals surface area contributed by atoms with Crippen LogP contribution in [0.2, 0.25) is 0 Å². The maximum atomic E-state index is 12.7. The van der Waals surface area contributed by atoms with Gasteiger partial charge in [0.05, 0.1) is 29.6 Å². The Morgan fingerprint density at radius 1 is 1.14 bits per heavy atom. The van der Waals surface area contributed by atoms with Crippen LogP contribution in [-0.2, 0) is 23.7 Å². The highest BCUT2D eigenvalue weighted by atomic mass is 16.8. The van der Waals surface area contributed by atoms with Crippen LogP contribution in [0.25, 0.3) is 0 Å². The number of ether oxygens (including phenoxy) is 4. The van der Waals surface area contributed by atoms with Crippen molar-refractivity contribution < 1.29 is 64.3 Å². The fraction of sp³-hybridized carbons (Fsp3) is 0.565. The summed E-state index contributed by atoms with van der Waals surface area (Å²) in [5.41, 5.74) is -4.43. The first kappa shape index (κ1) is 26.3. The molecule has 1 aliphatic carbocycles. The van der Waals surface area contributed by atoms with Gasteiger partial charge in [-0.05, 0) is 44.0 Å². The molecule has 198 valence electrons. The molecule has 36 heavy (non-hydrogen) atoms. The molecule has 7 N–H and O–H groups in total. The number of carbonyl (C=O) groups is 2. The first-order valence-corrected chi connectivity index (χ1v) is 11.2. The number of hydrogen-bond acceptors (Lipinski definition) is 12. The smallest absolute Gasteiger partial charge is 0.338 e. The topological polar surface area (TPSA) is 213 Å². The van der Waals surface area contributed by atoms with Gasteiger partial charge in [0, 0.05) is 5.92 Å². The Balaban J connectivity index is 1.64. The molecule has 2 fully saturated rings. The fourth-order valence-electron chi connectivity index (χ4n) is 4.89. The normalized spacial score (nSPS) is 40.1. The van der Waals surface area contributed by atoms with Gasteiger partial charge in [-0.1, -0.05) is 0 Å². The average molecular weight is 512 g/mol. The molecule has 0 amide bonds. The standard InChI is InChI=1S/C23H28O13/c1-22(31)7-6-13-12(18(28)29)9-33-21(23(13,22)32)36-20-17(16(27)15(26)14(8-24)34-20)35-19(30)10-2-4-11(25)5-3-10/h2-5,9,13-17,20-21,24-27,31-32H,6-8H2,1H3,(H,28,29)/t13-,14+,15-,16+,17-,20-,21-,22+,23+/m1/s1.